The van der Waals surface area contributed by atoms with Crippen LogP contribution in [0.4, 0.5) is 0 Å². The number of thiocarbonyl (C=S) groups is 1. The van der Waals surface area contributed by atoms with Crippen LogP contribution in [0.3, 0.4) is 0 Å². The van der Waals surface area contributed by atoms with Crippen molar-refractivity contribution in [3.63, 3.8) is 0 Å². The largest absolute Gasteiger partial charge is 0.496 e. The van der Waals surface area contributed by atoms with Gasteiger partial charge in [-0.15, -0.1) is 0 Å². The minimum atomic E-state index is -3.56. The highest BCUT2D eigenvalue weighted by atomic mass is 32.1. The van der Waals surface area contributed by atoms with Crippen LogP contribution in [0.25, 0.3) is 0 Å². The Morgan fingerprint density at radius 2 is 1.76 bits per heavy atom. The van der Waals surface area contributed by atoms with Crippen molar-refractivity contribution in [1.82, 2.24) is 5.48 Å². The minimum absolute atomic E-state index is 0.256. The van der Waals surface area contributed by atoms with Gasteiger partial charge in [0.2, 0.25) is 0 Å². The average molecular weight is 337 g/mol. The summed E-state index contributed by atoms with van der Waals surface area (Å²) in [6, 6.07) is 0. The van der Waals surface area contributed by atoms with Crippen LogP contribution in [0.1, 0.15) is 59.3 Å². The summed E-state index contributed by atoms with van der Waals surface area (Å²) < 4.78 is 27.5. The van der Waals surface area contributed by atoms with Crippen LogP contribution in [0, 0.1) is 11.8 Å². The molecule has 0 radical (unpaired) electrons. The number of hydroxylamine groups is 1. The molecule has 0 aromatic carbocycles. The van der Waals surface area contributed by atoms with Crippen LogP contribution in [0.15, 0.2) is 0 Å². The molecule has 1 aliphatic rings. The van der Waals surface area contributed by atoms with Gasteiger partial charge in [0.1, 0.15) is 4.99 Å². The highest BCUT2D eigenvalue weighted by molar-refractivity contribution is 7.80. The van der Waals surface area contributed by atoms with Crippen LogP contribution >= 0.6 is 20.0 Å². The fraction of sp³-hybridized carbons (Fsp3) is 0.929. The van der Waals surface area contributed by atoms with Crippen LogP contribution in [-0.4, -0.2) is 18.2 Å². The lowest BCUT2D eigenvalue weighted by Crippen LogP contribution is -2.34. The van der Waals surface area contributed by atoms with E-state index >= 15 is 0 Å². The molecule has 0 saturated heterocycles. The first kappa shape index (κ1) is 19.0. The van der Waals surface area contributed by atoms with E-state index in [4.69, 9.17) is 25.9 Å². The average Bonchev–Trinajstić information content (AvgIpc) is 2.48. The molecule has 0 aromatic heterocycles. The minimum Gasteiger partial charge on any atom is -0.286 e. The van der Waals surface area contributed by atoms with Crippen molar-refractivity contribution in [2.75, 3.05) is 13.2 Å². The second kappa shape index (κ2) is 9.90. The van der Waals surface area contributed by atoms with E-state index in [1.807, 2.05) is 0 Å². The summed E-state index contributed by atoms with van der Waals surface area (Å²) in [7, 11) is -3.56. The lowest BCUT2D eigenvalue weighted by Gasteiger charge is -2.30. The van der Waals surface area contributed by atoms with Crippen LogP contribution in [0.5, 0.6) is 0 Å². The molecule has 124 valence electrons. The standard InChI is InChI=1S/C14H28NO4PS/c1-4-13(12-10-8-7-9-11-12)14(21)15-19-20(16,17-5-2)18-6-3/h12-13H,4-11H2,1-3H3,(H,15,21). The highest BCUT2D eigenvalue weighted by Gasteiger charge is 2.30. The number of phosphoric ester groups is 1. The Bertz CT molecular complexity index is 351. The van der Waals surface area contributed by atoms with Crippen molar-refractivity contribution in [2.24, 2.45) is 11.8 Å². The third-order valence-corrected chi connectivity index (χ3v) is 5.68. The summed E-state index contributed by atoms with van der Waals surface area (Å²) in [6.07, 6.45) is 7.20. The van der Waals surface area contributed by atoms with Gasteiger partial charge in [0.25, 0.3) is 0 Å². The second-order valence-electron chi connectivity index (χ2n) is 5.25. The van der Waals surface area contributed by atoms with Crippen LogP contribution < -0.4 is 5.48 Å². The van der Waals surface area contributed by atoms with Crippen molar-refractivity contribution in [1.29, 1.82) is 0 Å². The van der Waals surface area contributed by atoms with E-state index in [2.05, 4.69) is 12.4 Å². The van der Waals surface area contributed by atoms with Gasteiger partial charge < -0.3 is 0 Å². The van der Waals surface area contributed by atoms with Gasteiger partial charge in [-0.05, 0) is 39.0 Å². The molecular formula is C14H28NO4PS. The van der Waals surface area contributed by atoms with Crippen molar-refractivity contribution in [2.45, 2.75) is 59.3 Å². The summed E-state index contributed by atoms with van der Waals surface area (Å²) >= 11 is 5.42. The van der Waals surface area contributed by atoms with Crippen LogP contribution in [-0.2, 0) is 18.2 Å². The monoisotopic (exact) mass is 337 g/mol. The molecule has 1 aliphatic carbocycles. The van der Waals surface area contributed by atoms with Crippen molar-refractivity contribution >= 4 is 25.0 Å². The number of rotatable bonds is 9. The van der Waals surface area contributed by atoms with E-state index in [0.29, 0.717) is 10.9 Å². The zero-order valence-corrected chi connectivity index (χ0v) is 15.0. The summed E-state index contributed by atoms with van der Waals surface area (Å²) in [5, 5.41) is 0. The van der Waals surface area contributed by atoms with Crippen LogP contribution in [0.2, 0.25) is 0 Å². The van der Waals surface area contributed by atoms with E-state index in [-0.39, 0.29) is 19.1 Å². The Morgan fingerprint density at radius 3 is 2.24 bits per heavy atom. The maximum Gasteiger partial charge on any atom is 0.496 e. The van der Waals surface area contributed by atoms with Gasteiger partial charge in [-0.3, -0.25) is 9.05 Å². The van der Waals surface area contributed by atoms with E-state index < -0.39 is 7.82 Å². The Hall–Kier alpha value is -0.0000000000000000278. The van der Waals surface area contributed by atoms with Gasteiger partial charge in [0.15, 0.2) is 0 Å². The summed E-state index contributed by atoms with van der Waals surface area (Å²) in [5.41, 5.74) is 2.66. The third kappa shape index (κ3) is 6.33. The molecule has 0 aromatic rings. The van der Waals surface area contributed by atoms with Gasteiger partial charge in [-0.25, -0.2) is 10.0 Å². The molecule has 0 amide bonds. The maximum absolute atomic E-state index is 12.2. The molecule has 21 heavy (non-hydrogen) atoms. The Morgan fingerprint density at radius 1 is 1.19 bits per heavy atom. The predicted molar refractivity (Wildman–Crippen MR) is 88.0 cm³/mol. The van der Waals surface area contributed by atoms with Crippen molar-refractivity contribution in [3.05, 3.63) is 0 Å². The molecule has 0 spiro atoms. The molecule has 1 atom stereocenters. The molecule has 1 N–H and O–H groups in total. The molecule has 1 saturated carbocycles. The zero-order chi connectivity index (χ0) is 15.7. The predicted octanol–water partition coefficient (Wildman–Crippen LogP) is 4.62. The number of hydrogen-bond acceptors (Lipinski definition) is 5. The quantitative estimate of drug-likeness (QED) is 0.376. The van der Waals surface area contributed by atoms with E-state index in [9.17, 15) is 4.57 Å². The SMILES string of the molecule is CCOP(=O)(OCC)ONC(=S)C(CC)C1CCCCC1. The Labute approximate surface area is 133 Å². The number of nitrogens with one attached hydrogen (secondary N) is 1. The fourth-order valence-electron chi connectivity index (χ4n) is 2.85. The Kier molecular flexibility index (Phi) is 8.98. The first-order chi connectivity index (χ1) is 10.1. The molecule has 0 aliphatic heterocycles. The normalized spacial score (nSPS) is 18.4. The van der Waals surface area contributed by atoms with E-state index in [1.54, 1.807) is 13.8 Å². The van der Waals surface area contributed by atoms with E-state index in [1.165, 1.54) is 32.1 Å². The first-order valence-corrected chi connectivity index (χ1v) is 9.80. The first-order valence-electron chi connectivity index (χ1n) is 7.93. The molecule has 1 fully saturated rings. The number of phosphoric acid groups is 1. The highest BCUT2D eigenvalue weighted by Crippen LogP contribution is 2.48. The summed E-state index contributed by atoms with van der Waals surface area (Å²) in [5.74, 6) is 0.850. The Balaban J connectivity index is 2.54. The molecule has 7 heteroatoms. The molecule has 5 nitrogen and oxygen atoms in total. The molecule has 0 bridgehead atoms. The lowest BCUT2D eigenvalue weighted by molar-refractivity contribution is 0.0983. The van der Waals surface area contributed by atoms with Gasteiger partial charge in [-0.2, -0.15) is 4.62 Å². The van der Waals surface area contributed by atoms with Gasteiger partial charge in [-0.1, -0.05) is 38.4 Å². The second-order valence-corrected chi connectivity index (χ2v) is 7.29. The fourth-order valence-corrected chi connectivity index (χ4v) is 4.34. The van der Waals surface area contributed by atoms with Gasteiger partial charge >= 0.3 is 7.82 Å². The van der Waals surface area contributed by atoms with Crippen molar-refractivity contribution < 1.29 is 18.2 Å². The molecule has 0 heterocycles. The number of hydrogen-bond donors (Lipinski definition) is 1. The zero-order valence-electron chi connectivity index (χ0n) is 13.3. The summed E-state index contributed by atoms with van der Waals surface area (Å²) in [4.78, 5) is 0.601. The molecule has 1 rings (SSSR count). The van der Waals surface area contributed by atoms with Gasteiger partial charge in [0.05, 0.1) is 13.2 Å². The van der Waals surface area contributed by atoms with Gasteiger partial charge in [0, 0.05) is 5.92 Å². The third-order valence-electron chi connectivity index (χ3n) is 3.83. The smallest absolute Gasteiger partial charge is 0.286 e. The topological polar surface area (TPSA) is 56.8 Å². The lowest BCUT2D eigenvalue weighted by atomic mass is 9.79. The van der Waals surface area contributed by atoms with E-state index in [0.717, 1.165) is 6.42 Å². The molecular weight excluding hydrogens is 309 g/mol. The maximum atomic E-state index is 12.2. The van der Waals surface area contributed by atoms with Crippen molar-refractivity contribution in [3.8, 4) is 0 Å². The molecule has 1 unspecified atom stereocenters. The summed E-state index contributed by atoms with van der Waals surface area (Å²) in [6.45, 7) is 6.11.